The molecule has 0 rings (SSSR count). The van der Waals surface area contributed by atoms with Gasteiger partial charge < -0.3 is 9.64 Å². The highest BCUT2D eigenvalue weighted by Crippen LogP contribution is 1.95. The zero-order chi connectivity index (χ0) is 7.98. The fourth-order valence-electron chi connectivity index (χ4n) is 0.747. The first-order chi connectivity index (χ1) is 4.72. The third kappa shape index (κ3) is 4.14. The number of thiol groups is 1. The van der Waals surface area contributed by atoms with E-state index in [-0.39, 0.29) is 0 Å². The smallest absolute Gasteiger partial charge is 0.0615 e. The second-order valence-electron chi connectivity index (χ2n) is 2.51. The summed E-state index contributed by atoms with van der Waals surface area (Å²) in [7, 11) is 3.81. The van der Waals surface area contributed by atoms with Gasteiger partial charge in [-0.25, -0.2) is 0 Å². The van der Waals surface area contributed by atoms with Crippen molar-refractivity contribution in [2.24, 2.45) is 0 Å². The van der Waals surface area contributed by atoms with E-state index in [9.17, 15) is 0 Å². The third-order valence-electron chi connectivity index (χ3n) is 1.61. The molecule has 0 fully saturated rings. The Hall–Kier alpha value is 0.270. The lowest BCUT2D eigenvalue weighted by Gasteiger charge is -2.22. The molecule has 0 bridgehead atoms. The molecular weight excluding hydrogens is 146 g/mol. The summed E-state index contributed by atoms with van der Waals surface area (Å²) in [4.78, 5) is 2.23. The van der Waals surface area contributed by atoms with Crippen LogP contribution in [-0.4, -0.2) is 44.0 Å². The normalized spacial score (nSPS) is 14.1. The standard InChI is InChI=1S/C7H17NOS/c1-7(6-9-3)8(2)4-5-10/h7,10H,4-6H2,1-3H3. The van der Waals surface area contributed by atoms with Crippen LogP contribution in [0, 0.1) is 0 Å². The molecule has 0 aromatic heterocycles. The molecular formula is C7H17NOS. The topological polar surface area (TPSA) is 12.5 Å². The summed E-state index contributed by atoms with van der Waals surface area (Å²) in [5, 5.41) is 0. The Kier molecular flexibility index (Phi) is 6.17. The van der Waals surface area contributed by atoms with Crippen molar-refractivity contribution in [1.82, 2.24) is 4.90 Å². The van der Waals surface area contributed by atoms with E-state index in [1.807, 2.05) is 0 Å². The van der Waals surface area contributed by atoms with E-state index < -0.39 is 0 Å². The van der Waals surface area contributed by atoms with Crippen molar-refractivity contribution in [2.75, 3.05) is 33.1 Å². The van der Waals surface area contributed by atoms with Crippen LogP contribution in [-0.2, 0) is 4.74 Å². The van der Waals surface area contributed by atoms with E-state index in [1.165, 1.54) is 0 Å². The lowest BCUT2D eigenvalue weighted by molar-refractivity contribution is 0.119. The van der Waals surface area contributed by atoms with Gasteiger partial charge in [-0.1, -0.05) is 0 Å². The number of methoxy groups -OCH3 is 1. The van der Waals surface area contributed by atoms with Crippen molar-refractivity contribution in [3.63, 3.8) is 0 Å². The summed E-state index contributed by atoms with van der Waals surface area (Å²) in [6.07, 6.45) is 0. The lowest BCUT2D eigenvalue weighted by Crippen LogP contribution is -2.34. The quantitative estimate of drug-likeness (QED) is 0.604. The van der Waals surface area contributed by atoms with Gasteiger partial charge in [-0.3, -0.25) is 0 Å². The minimum atomic E-state index is 0.497. The maximum atomic E-state index is 5.00. The van der Waals surface area contributed by atoms with Crippen molar-refractivity contribution in [3.8, 4) is 0 Å². The van der Waals surface area contributed by atoms with Gasteiger partial charge in [-0.15, -0.1) is 0 Å². The Morgan fingerprint density at radius 2 is 2.20 bits per heavy atom. The number of likely N-dealkylation sites (N-methyl/N-ethyl adjacent to an activating group) is 1. The van der Waals surface area contributed by atoms with Crippen LogP contribution >= 0.6 is 12.6 Å². The Balaban J connectivity index is 3.38. The molecule has 10 heavy (non-hydrogen) atoms. The van der Waals surface area contributed by atoms with Gasteiger partial charge in [-0.05, 0) is 14.0 Å². The predicted molar refractivity (Wildman–Crippen MR) is 47.8 cm³/mol. The van der Waals surface area contributed by atoms with Crippen LogP contribution in [0.15, 0.2) is 0 Å². The maximum Gasteiger partial charge on any atom is 0.0615 e. The monoisotopic (exact) mass is 163 g/mol. The Bertz CT molecular complexity index is 70.0. The molecule has 0 amide bonds. The highest BCUT2D eigenvalue weighted by atomic mass is 32.1. The summed E-state index contributed by atoms with van der Waals surface area (Å²) >= 11 is 4.14. The van der Waals surface area contributed by atoms with Crippen LogP contribution in [0.25, 0.3) is 0 Å². The molecule has 0 N–H and O–H groups in total. The van der Waals surface area contributed by atoms with Gasteiger partial charge in [0.05, 0.1) is 6.61 Å². The van der Waals surface area contributed by atoms with Crippen molar-refractivity contribution in [3.05, 3.63) is 0 Å². The van der Waals surface area contributed by atoms with Crippen LogP contribution in [0.3, 0.4) is 0 Å². The molecule has 0 radical (unpaired) electrons. The number of hydrogen-bond donors (Lipinski definition) is 1. The molecule has 0 aromatic carbocycles. The first-order valence-corrected chi connectivity index (χ1v) is 4.15. The third-order valence-corrected chi connectivity index (χ3v) is 1.81. The summed E-state index contributed by atoms with van der Waals surface area (Å²) in [6.45, 7) is 3.96. The molecule has 2 nitrogen and oxygen atoms in total. The molecule has 0 aliphatic heterocycles. The molecule has 0 saturated heterocycles. The highest BCUT2D eigenvalue weighted by Gasteiger charge is 2.05. The molecule has 0 heterocycles. The van der Waals surface area contributed by atoms with Crippen molar-refractivity contribution < 1.29 is 4.74 Å². The van der Waals surface area contributed by atoms with Crippen LogP contribution in [0.4, 0.5) is 0 Å². The second-order valence-corrected chi connectivity index (χ2v) is 2.96. The van der Waals surface area contributed by atoms with Crippen LogP contribution in [0.5, 0.6) is 0 Å². The van der Waals surface area contributed by atoms with E-state index in [2.05, 4.69) is 31.5 Å². The SMILES string of the molecule is COCC(C)N(C)CCS. The van der Waals surface area contributed by atoms with Gasteiger partial charge in [0.25, 0.3) is 0 Å². The van der Waals surface area contributed by atoms with Gasteiger partial charge in [0.1, 0.15) is 0 Å². The van der Waals surface area contributed by atoms with Gasteiger partial charge in [0.15, 0.2) is 0 Å². The van der Waals surface area contributed by atoms with E-state index in [0.29, 0.717) is 6.04 Å². The average Bonchev–Trinajstić information content (AvgIpc) is 1.89. The molecule has 0 aliphatic carbocycles. The van der Waals surface area contributed by atoms with Crippen molar-refractivity contribution in [2.45, 2.75) is 13.0 Å². The fourth-order valence-corrected chi connectivity index (χ4v) is 1.06. The average molecular weight is 163 g/mol. The van der Waals surface area contributed by atoms with Gasteiger partial charge >= 0.3 is 0 Å². The van der Waals surface area contributed by atoms with Crippen LogP contribution in [0.1, 0.15) is 6.92 Å². The van der Waals surface area contributed by atoms with Gasteiger partial charge in [0.2, 0.25) is 0 Å². The Labute approximate surface area is 69.0 Å². The molecule has 1 unspecified atom stereocenters. The molecule has 0 spiro atoms. The maximum absolute atomic E-state index is 5.00. The zero-order valence-electron chi connectivity index (χ0n) is 7.00. The van der Waals surface area contributed by atoms with Crippen LogP contribution in [0.2, 0.25) is 0 Å². The first-order valence-electron chi connectivity index (χ1n) is 3.52. The molecule has 0 aliphatic rings. The largest absolute Gasteiger partial charge is 0.383 e. The summed E-state index contributed by atoms with van der Waals surface area (Å²) < 4.78 is 5.00. The molecule has 62 valence electrons. The number of ether oxygens (including phenoxy) is 1. The number of rotatable bonds is 5. The van der Waals surface area contributed by atoms with Gasteiger partial charge in [-0.2, -0.15) is 12.6 Å². The minimum absolute atomic E-state index is 0.497. The molecule has 3 heteroatoms. The number of nitrogens with zero attached hydrogens (tertiary/aromatic N) is 1. The molecule has 0 aromatic rings. The van der Waals surface area contributed by atoms with Crippen LogP contribution < -0.4 is 0 Å². The Morgan fingerprint density at radius 3 is 2.60 bits per heavy atom. The van der Waals surface area contributed by atoms with E-state index in [4.69, 9.17) is 4.74 Å². The molecule has 1 atom stereocenters. The van der Waals surface area contributed by atoms with E-state index in [1.54, 1.807) is 7.11 Å². The van der Waals surface area contributed by atoms with E-state index >= 15 is 0 Å². The number of hydrogen-bond acceptors (Lipinski definition) is 3. The summed E-state index contributed by atoms with van der Waals surface area (Å²) in [6, 6.07) is 0.497. The summed E-state index contributed by atoms with van der Waals surface area (Å²) in [5.74, 6) is 0.907. The Morgan fingerprint density at radius 1 is 1.60 bits per heavy atom. The highest BCUT2D eigenvalue weighted by molar-refractivity contribution is 7.80. The fraction of sp³-hybridized carbons (Fsp3) is 1.00. The molecule has 0 saturated carbocycles. The second kappa shape index (κ2) is 6.01. The van der Waals surface area contributed by atoms with Gasteiger partial charge in [0, 0.05) is 25.4 Å². The van der Waals surface area contributed by atoms with Crippen molar-refractivity contribution >= 4 is 12.6 Å². The zero-order valence-corrected chi connectivity index (χ0v) is 7.90. The lowest BCUT2D eigenvalue weighted by atomic mass is 10.3. The summed E-state index contributed by atoms with van der Waals surface area (Å²) in [5.41, 5.74) is 0. The van der Waals surface area contributed by atoms with E-state index in [0.717, 1.165) is 18.9 Å². The minimum Gasteiger partial charge on any atom is -0.383 e. The first kappa shape index (κ1) is 10.3. The van der Waals surface area contributed by atoms with Crippen molar-refractivity contribution in [1.29, 1.82) is 0 Å². The predicted octanol–water partition coefficient (Wildman–Crippen LogP) is 0.883.